The maximum atomic E-state index is 12.6. The lowest BCUT2D eigenvalue weighted by molar-refractivity contribution is -0.118. The number of carbonyl (C=O) groups excluding carboxylic acids is 2. The number of nitrogens with zero attached hydrogens (tertiary/aromatic N) is 2. The molecule has 2 heterocycles. The first kappa shape index (κ1) is 21.8. The first-order chi connectivity index (χ1) is 15.9. The Bertz CT molecular complexity index is 1370. The zero-order valence-corrected chi connectivity index (χ0v) is 18.0. The molecule has 2 aromatic heterocycles. The van der Waals surface area contributed by atoms with Crippen molar-refractivity contribution in [3.8, 4) is 5.75 Å². The van der Waals surface area contributed by atoms with Gasteiger partial charge in [-0.3, -0.25) is 9.59 Å². The number of para-hydroxylation sites is 1. The van der Waals surface area contributed by atoms with Gasteiger partial charge in [0.15, 0.2) is 12.3 Å². The highest BCUT2D eigenvalue weighted by Gasteiger charge is 2.16. The SMILES string of the molecule is Cc1ccc(OCC(=O)Nc2ccccc2C(=O)OCc2cc(=O)n3oc(C)cc3n2)cc1. The van der Waals surface area contributed by atoms with Crippen LogP contribution in [0, 0.1) is 13.8 Å². The average Bonchev–Trinajstić information content (AvgIpc) is 3.18. The van der Waals surface area contributed by atoms with Gasteiger partial charge in [0.2, 0.25) is 0 Å². The number of esters is 1. The highest BCUT2D eigenvalue weighted by Crippen LogP contribution is 2.18. The van der Waals surface area contributed by atoms with Gasteiger partial charge in [0, 0.05) is 12.1 Å². The van der Waals surface area contributed by atoms with E-state index in [9.17, 15) is 14.4 Å². The number of aromatic nitrogens is 2. The van der Waals surface area contributed by atoms with E-state index in [0.29, 0.717) is 17.2 Å². The summed E-state index contributed by atoms with van der Waals surface area (Å²) >= 11 is 0. The summed E-state index contributed by atoms with van der Waals surface area (Å²) in [5.41, 5.74) is 1.72. The van der Waals surface area contributed by atoms with Gasteiger partial charge in [-0.15, -0.1) is 4.57 Å². The number of hydrogen-bond acceptors (Lipinski definition) is 7. The summed E-state index contributed by atoms with van der Waals surface area (Å²) in [6, 6.07) is 16.6. The lowest BCUT2D eigenvalue weighted by Crippen LogP contribution is -2.22. The molecule has 0 unspecified atom stereocenters. The fourth-order valence-corrected chi connectivity index (χ4v) is 3.10. The molecular formula is C24H21N3O6. The molecule has 0 saturated heterocycles. The maximum absolute atomic E-state index is 12.6. The van der Waals surface area contributed by atoms with E-state index in [1.54, 1.807) is 43.3 Å². The monoisotopic (exact) mass is 447 g/mol. The van der Waals surface area contributed by atoms with Gasteiger partial charge in [0.25, 0.3) is 11.5 Å². The summed E-state index contributed by atoms with van der Waals surface area (Å²) in [6.07, 6.45) is 0. The van der Waals surface area contributed by atoms with E-state index in [4.69, 9.17) is 14.0 Å². The van der Waals surface area contributed by atoms with Crippen molar-refractivity contribution in [1.29, 1.82) is 0 Å². The van der Waals surface area contributed by atoms with Gasteiger partial charge in [0.05, 0.1) is 16.9 Å². The van der Waals surface area contributed by atoms with Gasteiger partial charge in [0.1, 0.15) is 18.1 Å². The molecule has 2 aromatic carbocycles. The minimum absolute atomic E-state index is 0.165. The van der Waals surface area contributed by atoms with Crippen LogP contribution in [-0.2, 0) is 16.1 Å². The van der Waals surface area contributed by atoms with Crippen molar-refractivity contribution >= 4 is 23.2 Å². The molecule has 0 atom stereocenters. The van der Waals surface area contributed by atoms with E-state index in [1.165, 1.54) is 12.1 Å². The number of fused-ring (bicyclic) bond motifs is 1. The lowest BCUT2D eigenvalue weighted by atomic mass is 10.2. The van der Waals surface area contributed by atoms with Gasteiger partial charge in [-0.1, -0.05) is 29.8 Å². The van der Waals surface area contributed by atoms with Crippen LogP contribution in [-0.4, -0.2) is 28.0 Å². The smallest absolute Gasteiger partial charge is 0.340 e. The van der Waals surface area contributed by atoms with Crippen molar-refractivity contribution < 1.29 is 23.6 Å². The number of amides is 1. The zero-order chi connectivity index (χ0) is 23.4. The summed E-state index contributed by atoms with van der Waals surface area (Å²) < 4.78 is 17.1. The number of ether oxygens (including phenoxy) is 2. The third kappa shape index (κ3) is 5.27. The molecule has 9 heteroatoms. The molecule has 0 fully saturated rings. The van der Waals surface area contributed by atoms with Crippen LogP contribution in [0.15, 0.2) is 70.0 Å². The second-order valence-electron chi connectivity index (χ2n) is 7.36. The van der Waals surface area contributed by atoms with Crippen LogP contribution in [0.1, 0.15) is 27.4 Å². The molecule has 1 amide bonds. The van der Waals surface area contributed by atoms with Gasteiger partial charge in [-0.05, 0) is 38.1 Å². The normalized spacial score (nSPS) is 10.7. The van der Waals surface area contributed by atoms with E-state index in [-0.39, 0.29) is 30.2 Å². The molecule has 4 rings (SSSR count). The molecule has 33 heavy (non-hydrogen) atoms. The molecule has 1 N–H and O–H groups in total. The van der Waals surface area contributed by atoms with E-state index >= 15 is 0 Å². The fourth-order valence-electron chi connectivity index (χ4n) is 3.10. The molecule has 0 aliphatic heterocycles. The number of rotatable bonds is 7. The predicted molar refractivity (Wildman–Crippen MR) is 119 cm³/mol. The van der Waals surface area contributed by atoms with Crippen LogP contribution >= 0.6 is 0 Å². The Kier molecular flexibility index (Phi) is 6.21. The third-order valence-corrected chi connectivity index (χ3v) is 4.69. The molecule has 4 aromatic rings. The highest BCUT2D eigenvalue weighted by molar-refractivity contribution is 6.01. The van der Waals surface area contributed by atoms with E-state index in [2.05, 4.69) is 10.3 Å². The number of hydrogen-bond donors (Lipinski definition) is 1. The minimum Gasteiger partial charge on any atom is -0.484 e. The average molecular weight is 447 g/mol. The van der Waals surface area contributed by atoms with Crippen LogP contribution in [0.2, 0.25) is 0 Å². The Morgan fingerprint density at radius 3 is 2.61 bits per heavy atom. The Morgan fingerprint density at radius 1 is 1.06 bits per heavy atom. The van der Waals surface area contributed by atoms with Gasteiger partial charge >= 0.3 is 5.97 Å². The van der Waals surface area contributed by atoms with Crippen LogP contribution in [0.4, 0.5) is 5.69 Å². The van der Waals surface area contributed by atoms with Gasteiger partial charge in [-0.25, -0.2) is 9.78 Å². The number of benzene rings is 2. The summed E-state index contributed by atoms with van der Waals surface area (Å²) in [4.78, 5) is 41.3. The summed E-state index contributed by atoms with van der Waals surface area (Å²) in [5.74, 6) is 0.00317. The van der Waals surface area contributed by atoms with Crippen molar-refractivity contribution in [2.75, 3.05) is 11.9 Å². The Labute approximate surface area is 188 Å². The van der Waals surface area contributed by atoms with Crippen molar-refractivity contribution in [3.63, 3.8) is 0 Å². The number of carbonyl (C=O) groups is 2. The van der Waals surface area contributed by atoms with Crippen molar-refractivity contribution in [2.45, 2.75) is 20.5 Å². The molecule has 0 aliphatic carbocycles. The topological polar surface area (TPSA) is 112 Å². The second-order valence-corrected chi connectivity index (χ2v) is 7.36. The van der Waals surface area contributed by atoms with Crippen molar-refractivity contribution in [2.24, 2.45) is 0 Å². The first-order valence-corrected chi connectivity index (χ1v) is 10.1. The predicted octanol–water partition coefficient (Wildman–Crippen LogP) is 3.28. The van der Waals surface area contributed by atoms with Crippen LogP contribution in [0.25, 0.3) is 5.65 Å². The summed E-state index contributed by atoms with van der Waals surface area (Å²) in [5, 5.41) is 2.66. The number of aryl methyl sites for hydroxylation is 2. The molecule has 0 aliphatic rings. The van der Waals surface area contributed by atoms with Gasteiger partial charge < -0.3 is 19.3 Å². The van der Waals surface area contributed by atoms with Gasteiger partial charge in [-0.2, -0.15) is 0 Å². The summed E-state index contributed by atoms with van der Waals surface area (Å²) in [7, 11) is 0. The van der Waals surface area contributed by atoms with E-state index in [1.807, 2.05) is 19.1 Å². The molecule has 9 nitrogen and oxygen atoms in total. The van der Waals surface area contributed by atoms with Crippen LogP contribution < -0.4 is 15.6 Å². The van der Waals surface area contributed by atoms with Crippen molar-refractivity contribution in [1.82, 2.24) is 9.56 Å². The Hall–Kier alpha value is -4.40. The molecule has 0 spiro atoms. The van der Waals surface area contributed by atoms with Crippen LogP contribution in [0.3, 0.4) is 0 Å². The quantitative estimate of drug-likeness (QED) is 0.433. The molecule has 0 radical (unpaired) electrons. The maximum Gasteiger partial charge on any atom is 0.340 e. The highest BCUT2D eigenvalue weighted by atomic mass is 16.5. The lowest BCUT2D eigenvalue weighted by Gasteiger charge is -2.11. The number of anilines is 1. The molecule has 168 valence electrons. The standard InChI is InChI=1S/C24H21N3O6/c1-15-7-9-18(10-8-15)31-14-22(28)26-20-6-4-3-5-19(20)24(30)32-13-17-12-23(29)27-21(25-17)11-16(2)33-27/h3-12H,13-14H2,1-2H3,(H,26,28). The molecule has 0 saturated carbocycles. The molecular weight excluding hydrogens is 426 g/mol. The van der Waals surface area contributed by atoms with Crippen molar-refractivity contribution in [3.05, 3.63) is 93.6 Å². The third-order valence-electron chi connectivity index (χ3n) is 4.69. The minimum atomic E-state index is -0.671. The van der Waals surface area contributed by atoms with E-state index < -0.39 is 17.4 Å². The Balaban J connectivity index is 1.40. The largest absolute Gasteiger partial charge is 0.484 e. The second kappa shape index (κ2) is 9.39. The van der Waals surface area contributed by atoms with Crippen LogP contribution in [0.5, 0.6) is 5.75 Å². The first-order valence-electron chi connectivity index (χ1n) is 10.1. The number of nitrogens with one attached hydrogen (secondary N) is 1. The van der Waals surface area contributed by atoms with E-state index in [0.717, 1.165) is 10.1 Å². The molecule has 0 bridgehead atoms. The summed E-state index contributed by atoms with van der Waals surface area (Å²) in [6.45, 7) is 3.22. The fraction of sp³-hybridized carbons (Fsp3) is 0.167. The zero-order valence-electron chi connectivity index (χ0n) is 18.0. The Morgan fingerprint density at radius 2 is 1.82 bits per heavy atom.